The zero-order valence-corrected chi connectivity index (χ0v) is 12.7. The topological polar surface area (TPSA) is 22.1 Å². The lowest BCUT2D eigenvalue weighted by molar-refractivity contribution is 0.304. The molecule has 0 saturated carbocycles. The zero-order valence-electron chi connectivity index (χ0n) is 12.7. The fraction of sp³-hybridized carbons (Fsp3) is 0.211. The van der Waals surface area contributed by atoms with Gasteiger partial charge in [0.2, 0.25) is 0 Å². The largest absolute Gasteiger partial charge is 0.487 e. The van der Waals surface area contributed by atoms with Crippen molar-refractivity contribution in [3.8, 4) is 5.75 Å². The highest BCUT2D eigenvalue weighted by Crippen LogP contribution is 2.21. The molecule has 0 unspecified atom stereocenters. The number of rotatable bonds is 3. The Morgan fingerprint density at radius 1 is 0.952 bits per heavy atom. The minimum atomic E-state index is 0.581. The van der Waals surface area contributed by atoms with Crippen LogP contribution in [0.5, 0.6) is 5.75 Å². The Morgan fingerprint density at radius 2 is 1.67 bits per heavy atom. The molecule has 1 aromatic heterocycles. The van der Waals surface area contributed by atoms with Gasteiger partial charge in [-0.1, -0.05) is 35.9 Å². The van der Waals surface area contributed by atoms with Crippen LogP contribution in [0, 0.1) is 20.8 Å². The van der Waals surface area contributed by atoms with E-state index >= 15 is 0 Å². The molecule has 1 heterocycles. The summed E-state index contributed by atoms with van der Waals surface area (Å²) in [6.45, 7) is 6.98. The summed E-state index contributed by atoms with van der Waals surface area (Å²) in [5.41, 5.74) is 6.10. The molecular weight excluding hydrogens is 258 g/mol. The van der Waals surface area contributed by atoms with E-state index in [-0.39, 0.29) is 0 Å². The van der Waals surface area contributed by atoms with Gasteiger partial charge in [-0.3, -0.25) is 4.98 Å². The van der Waals surface area contributed by atoms with Crippen molar-refractivity contribution >= 4 is 10.9 Å². The molecule has 3 aromatic rings. The number of benzene rings is 2. The Labute approximate surface area is 125 Å². The molecule has 0 amide bonds. The minimum Gasteiger partial charge on any atom is -0.487 e. The third-order valence-electron chi connectivity index (χ3n) is 3.79. The second-order valence-electron chi connectivity index (χ2n) is 5.53. The first-order chi connectivity index (χ1) is 10.1. The van der Waals surface area contributed by atoms with E-state index in [9.17, 15) is 0 Å². The van der Waals surface area contributed by atoms with Crippen LogP contribution in [0.1, 0.15) is 22.3 Å². The van der Waals surface area contributed by atoms with Crippen molar-refractivity contribution in [3.05, 3.63) is 70.9 Å². The molecule has 0 bridgehead atoms. The van der Waals surface area contributed by atoms with Gasteiger partial charge in [-0.05, 0) is 49.6 Å². The van der Waals surface area contributed by atoms with E-state index in [0.29, 0.717) is 6.61 Å². The predicted molar refractivity (Wildman–Crippen MR) is 86.7 cm³/mol. The average molecular weight is 277 g/mol. The first-order valence-electron chi connectivity index (χ1n) is 7.18. The number of para-hydroxylation sites is 1. The van der Waals surface area contributed by atoms with E-state index in [0.717, 1.165) is 16.7 Å². The summed E-state index contributed by atoms with van der Waals surface area (Å²) in [6, 6.07) is 14.5. The lowest BCUT2D eigenvalue weighted by Crippen LogP contribution is -2.01. The number of aryl methyl sites for hydroxylation is 3. The second-order valence-corrected chi connectivity index (χ2v) is 5.53. The molecule has 21 heavy (non-hydrogen) atoms. The SMILES string of the molecule is Cc1cc(C)c(COc2cnc3ccccc3c2)c(C)c1. The molecule has 0 spiro atoms. The normalized spacial score (nSPS) is 10.8. The maximum Gasteiger partial charge on any atom is 0.138 e. The van der Waals surface area contributed by atoms with E-state index in [1.54, 1.807) is 6.20 Å². The Kier molecular flexibility index (Phi) is 3.61. The van der Waals surface area contributed by atoms with Crippen LogP contribution in [0.4, 0.5) is 0 Å². The van der Waals surface area contributed by atoms with Gasteiger partial charge < -0.3 is 4.74 Å². The maximum atomic E-state index is 5.94. The smallest absolute Gasteiger partial charge is 0.138 e. The molecule has 106 valence electrons. The number of aromatic nitrogens is 1. The first kappa shape index (κ1) is 13.6. The third kappa shape index (κ3) is 2.89. The molecule has 0 radical (unpaired) electrons. The van der Waals surface area contributed by atoms with Gasteiger partial charge in [0.25, 0.3) is 0 Å². The van der Waals surface area contributed by atoms with Crippen LogP contribution < -0.4 is 4.74 Å². The van der Waals surface area contributed by atoms with Crippen molar-refractivity contribution < 1.29 is 4.74 Å². The van der Waals surface area contributed by atoms with Crippen molar-refractivity contribution in [2.45, 2.75) is 27.4 Å². The third-order valence-corrected chi connectivity index (χ3v) is 3.79. The standard InChI is InChI=1S/C19H19NO/c1-13-8-14(2)18(15(3)9-13)12-21-17-10-16-6-4-5-7-19(16)20-11-17/h4-11H,12H2,1-3H3. The molecule has 2 nitrogen and oxygen atoms in total. The Bertz CT molecular complexity index is 769. The molecular formula is C19H19NO. The van der Waals surface area contributed by atoms with Gasteiger partial charge in [-0.15, -0.1) is 0 Å². The van der Waals surface area contributed by atoms with Gasteiger partial charge in [0.15, 0.2) is 0 Å². The van der Waals surface area contributed by atoms with E-state index in [1.807, 2.05) is 24.3 Å². The number of hydrogen-bond acceptors (Lipinski definition) is 2. The van der Waals surface area contributed by atoms with Crippen molar-refractivity contribution in [2.75, 3.05) is 0 Å². The number of ether oxygens (including phenoxy) is 1. The molecule has 0 saturated heterocycles. The summed E-state index contributed by atoms with van der Waals surface area (Å²) in [5.74, 6) is 0.813. The minimum absolute atomic E-state index is 0.581. The van der Waals surface area contributed by atoms with E-state index < -0.39 is 0 Å². The number of nitrogens with zero attached hydrogens (tertiary/aromatic N) is 1. The van der Waals surface area contributed by atoms with Crippen LogP contribution in [0.3, 0.4) is 0 Å². The van der Waals surface area contributed by atoms with E-state index in [4.69, 9.17) is 4.74 Å². The van der Waals surface area contributed by atoms with Gasteiger partial charge in [0.05, 0.1) is 11.7 Å². The predicted octanol–water partition coefficient (Wildman–Crippen LogP) is 4.74. The zero-order chi connectivity index (χ0) is 14.8. The van der Waals surface area contributed by atoms with Gasteiger partial charge in [0.1, 0.15) is 12.4 Å². The summed E-state index contributed by atoms with van der Waals surface area (Å²) in [4.78, 5) is 4.43. The molecule has 2 heteroatoms. The Hall–Kier alpha value is -2.35. The fourth-order valence-corrected chi connectivity index (χ4v) is 2.72. The van der Waals surface area contributed by atoms with Crippen molar-refractivity contribution in [1.29, 1.82) is 0 Å². The van der Waals surface area contributed by atoms with Crippen molar-refractivity contribution in [3.63, 3.8) is 0 Å². The number of pyridine rings is 1. The monoisotopic (exact) mass is 277 g/mol. The van der Waals surface area contributed by atoms with Crippen LogP contribution in [-0.2, 0) is 6.61 Å². The highest BCUT2D eigenvalue weighted by atomic mass is 16.5. The van der Waals surface area contributed by atoms with E-state index in [1.165, 1.54) is 22.3 Å². The summed E-state index contributed by atoms with van der Waals surface area (Å²) in [7, 11) is 0. The lowest BCUT2D eigenvalue weighted by atomic mass is 10.0. The van der Waals surface area contributed by atoms with Gasteiger partial charge in [-0.2, -0.15) is 0 Å². The molecule has 2 aromatic carbocycles. The van der Waals surface area contributed by atoms with Crippen LogP contribution in [0.2, 0.25) is 0 Å². The first-order valence-corrected chi connectivity index (χ1v) is 7.18. The Balaban J connectivity index is 1.83. The summed E-state index contributed by atoms with van der Waals surface area (Å²) < 4.78 is 5.94. The van der Waals surface area contributed by atoms with E-state index in [2.05, 4.69) is 44.0 Å². The van der Waals surface area contributed by atoms with Crippen LogP contribution >= 0.6 is 0 Å². The molecule has 3 rings (SSSR count). The average Bonchev–Trinajstić information content (AvgIpc) is 2.46. The molecule has 0 N–H and O–H groups in total. The Morgan fingerprint density at radius 3 is 2.43 bits per heavy atom. The number of hydrogen-bond donors (Lipinski definition) is 0. The maximum absolute atomic E-state index is 5.94. The summed E-state index contributed by atoms with van der Waals surface area (Å²) in [5, 5.41) is 1.10. The van der Waals surface area contributed by atoms with Crippen molar-refractivity contribution in [1.82, 2.24) is 4.98 Å². The van der Waals surface area contributed by atoms with Crippen LogP contribution in [0.15, 0.2) is 48.7 Å². The van der Waals surface area contributed by atoms with Crippen LogP contribution in [-0.4, -0.2) is 4.98 Å². The fourth-order valence-electron chi connectivity index (χ4n) is 2.72. The second kappa shape index (κ2) is 5.57. The quantitative estimate of drug-likeness (QED) is 0.690. The van der Waals surface area contributed by atoms with Crippen LogP contribution in [0.25, 0.3) is 10.9 Å². The van der Waals surface area contributed by atoms with Gasteiger partial charge >= 0.3 is 0 Å². The molecule has 0 atom stereocenters. The number of fused-ring (bicyclic) bond motifs is 1. The molecule has 0 aliphatic rings. The lowest BCUT2D eigenvalue weighted by Gasteiger charge is -2.13. The van der Waals surface area contributed by atoms with Crippen molar-refractivity contribution in [2.24, 2.45) is 0 Å². The molecule has 0 aliphatic heterocycles. The van der Waals surface area contributed by atoms with Gasteiger partial charge in [0, 0.05) is 5.39 Å². The highest BCUT2D eigenvalue weighted by molar-refractivity contribution is 5.79. The summed E-state index contributed by atoms with van der Waals surface area (Å²) >= 11 is 0. The molecule has 0 fully saturated rings. The molecule has 0 aliphatic carbocycles. The highest BCUT2D eigenvalue weighted by Gasteiger charge is 2.05. The van der Waals surface area contributed by atoms with Gasteiger partial charge in [-0.25, -0.2) is 0 Å². The summed E-state index contributed by atoms with van der Waals surface area (Å²) in [6.07, 6.45) is 1.79.